The van der Waals surface area contributed by atoms with E-state index in [0.29, 0.717) is 0 Å². The molecule has 0 fully saturated rings. The van der Waals surface area contributed by atoms with Crippen molar-refractivity contribution in [3.8, 4) is 5.88 Å². The van der Waals surface area contributed by atoms with Gasteiger partial charge < -0.3 is 10.5 Å². The van der Waals surface area contributed by atoms with Crippen molar-refractivity contribution in [1.29, 1.82) is 0 Å². The van der Waals surface area contributed by atoms with E-state index in [2.05, 4.69) is 15.1 Å². The van der Waals surface area contributed by atoms with Crippen LogP contribution in [0.25, 0.3) is 11.2 Å². The first-order valence-corrected chi connectivity index (χ1v) is 5.39. The van der Waals surface area contributed by atoms with Gasteiger partial charge >= 0.3 is 59.1 Å². The van der Waals surface area contributed by atoms with Gasteiger partial charge in [0.15, 0.2) is 0 Å². The van der Waals surface area contributed by atoms with Gasteiger partial charge in [-0.2, -0.15) is 14.6 Å². The van der Waals surface area contributed by atoms with Crippen molar-refractivity contribution in [2.45, 2.75) is 0 Å². The molecule has 0 saturated carbocycles. The number of rotatable bonds is 0. The van der Waals surface area contributed by atoms with Crippen LogP contribution in [-0.4, -0.2) is 25.5 Å². The van der Waals surface area contributed by atoms with Gasteiger partial charge in [0.25, 0.3) is 11.3 Å². The summed E-state index contributed by atoms with van der Waals surface area (Å²) in [6.07, 6.45) is 1.07. The molecule has 0 radical (unpaired) electrons. The second kappa shape index (κ2) is 7.43. The first-order valence-electron chi connectivity index (χ1n) is 5.39. The minimum absolute atomic E-state index is 0. The van der Waals surface area contributed by atoms with E-state index in [1.807, 2.05) is 0 Å². The Hall–Kier alpha value is -1.12. The van der Waals surface area contributed by atoms with E-state index in [4.69, 9.17) is 5.41 Å². The fraction of sp³-hybridized carbons (Fsp3) is 0. The third-order valence-corrected chi connectivity index (χ3v) is 2.72. The summed E-state index contributed by atoms with van der Waals surface area (Å²) < 4.78 is 14.7. The van der Waals surface area contributed by atoms with Crippen molar-refractivity contribution in [2.75, 3.05) is 0 Å². The summed E-state index contributed by atoms with van der Waals surface area (Å²) in [6.45, 7) is 0. The van der Waals surface area contributed by atoms with Gasteiger partial charge in [-0.05, 0) is 17.4 Å². The van der Waals surface area contributed by atoms with Crippen molar-refractivity contribution in [2.24, 2.45) is 0 Å². The molecule has 1 aromatic carbocycles. The normalized spacial score (nSPS) is 11.3. The van der Waals surface area contributed by atoms with E-state index in [9.17, 15) is 14.3 Å². The quantitative estimate of drug-likeness (QED) is 0.303. The molecule has 22 heavy (non-hydrogen) atoms. The predicted molar refractivity (Wildman–Crippen MR) is 63.3 cm³/mol. The molecule has 0 aliphatic heterocycles. The Labute approximate surface area is 166 Å². The van der Waals surface area contributed by atoms with Crippen molar-refractivity contribution in [3.05, 3.63) is 61.8 Å². The van der Waals surface area contributed by atoms with E-state index >= 15 is 0 Å². The summed E-state index contributed by atoms with van der Waals surface area (Å²) in [7, 11) is 0. The van der Waals surface area contributed by atoms with Crippen LogP contribution in [-0.2, 0) is 0 Å². The molecule has 98 valence electrons. The van der Waals surface area contributed by atoms with Crippen LogP contribution in [0.5, 0.6) is 5.88 Å². The van der Waals surface area contributed by atoms with Gasteiger partial charge in [0, 0.05) is 11.1 Å². The number of fused-ring (bicyclic) bond motifs is 1. The van der Waals surface area contributed by atoms with Crippen molar-refractivity contribution in [1.82, 2.24) is 19.6 Å². The van der Waals surface area contributed by atoms with Crippen LogP contribution < -0.4 is 75.0 Å². The molecule has 2 heterocycles. The molecule has 0 N–H and O–H groups in total. The monoisotopic (exact) mass is 315 g/mol. The van der Waals surface area contributed by atoms with Gasteiger partial charge in [-0.1, -0.05) is 6.07 Å². The van der Waals surface area contributed by atoms with E-state index in [1.165, 1.54) is 12.1 Å². The first kappa shape index (κ1) is 18.9. The van der Waals surface area contributed by atoms with E-state index in [1.54, 1.807) is 5.87 Å². The molecular weight excluding hydrogens is 311 g/mol. The fourth-order valence-electron chi connectivity index (χ4n) is 1.82. The van der Waals surface area contributed by atoms with Crippen LogP contribution in [0.2, 0.25) is 0 Å². The molecule has 10 heteroatoms. The van der Waals surface area contributed by atoms with E-state index < -0.39 is 22.5 Å². The van der Waals surface area contributed by atoms with Gasteiger partial charge in [-0.25, -0.2) is 9.37 Å². The molecule has 0 spiro atoms. The van der Waals surface area contributed by atoms with Crippen LogP contribution in [0.3, 0.4) is 0 Å². The maximum Gasteiger partial charge on any atom is 1.00 e. The Bertz CT molecular complexity index is 1070. The van der Waals surface area contributed by atoms with Gasteiger partial charge in [-0.15, -0.1) is 0 Å². The second-order valence-electron chi connectivity index (χ2n) is 3.88. The SMILES string of the molecule is [N-]=C=c1ccc(=c2c([O-])nc3ncnn3c2=O)c(F)c1.[Na+].[Na+]. The van der Waals surface area contributed by atoms with Gasteiger partial charge in [0.1, 0.15) is 12.1 Å². The maximum atomic E-state index is 13.9. The summed E-state index contributed by atoms with van der Waals surface area (Å²) in [5, 5.41) is 23.6. The van der Waals surface area contributed by atoms with Crippen LogP contribution in [0.1, 0.15) is 0 Å². The number of hydrogen-bond donors (Lipinski definition) is 0. The maximum absolute atomic E-state index is 13.9. The molecule has 7 nitrogen and oxygen atoms in total. The van der Waals surface area contributed by atoms with Crippen molar-refractivity contribution in [3.63, 3.8) is 0 Å². The third-order valence-electron chi connectivity index (χ3n) is 2.72. The van der Waals surface area contributed by atoms with Crippen LogP contribution in [0, 0.1) is 16.3 Å². The topological polar surface area (TPSA) is 106 Å². The van der Waals surface area contributed by atoms with Gasteiger partial charge in [0.2, 0.25) is 0 Å². The zero-order chi connectivity index (χ0) is 14.3. The van der Waals surface area contributed by atoms with Gasteiger partial charge in [0.05, 0.1) is 5.22 Å². The Kier molecular flexibility index (Phi) is 6.39. The zero-order valence-corrected chi connectivity index (χ0v) is 15.7. The summed E-state index contributed by atoms with van der Waals surface area (Å²) in [5.41, 5.74) is -0.805. The Balaban J connectivity index is 0.00000121. The molecule has 0 saturated heterocycles. The Morgan fingerprint density at radius 1 is 1.32 bits per heavy atom. The minimum Gasteiger partial charge on any atom is -0.858 e. The molecule has 3 rings (SSSR count). The average molecular weight is 315 g/mol. The van der Waals surface area contributed by atoms with Crippen molar-refractivity contribution >= 4 is 11.6 Å². The van der Waals surface area contributed by atoms with Gasteiger partial charge in [-0.3, -0.25) is 10.7 Å². The van der Waals surface area contributed by atoms with E-state index in [0.717, 1.165) is 16.9 Å². The largest absolute Gasteiger partial charge is 1.00 e. The molecular formula is C12H4FN5Na2O2. The number of nitrogens with zero attached hydrogens (tertiary/aromatic N) is 5. The van der Waals surface area contributed by atoms with Crippen LogP contribution in [0.15, 0.2) is 29.3 Å². The van der Waals surface area contributed by atoms with Crippen molar-refractivity contribution < 1.29 is 68.6 Å². The average Bonchev–Trinajstić information content (AvgIpc) is 2.88. The molecule has 0 aliphatic carbocycles. The number of aromatic nitrogens is 4. The standard InChI is InChI=1S/C12H5FN5O2.2Na/c13-8-3-6(4-14)1-2-7(8)9-10(19)17-12-15-5-16-18(12)11(9)20;;/h1-3,5H,(H,15,16,17,19);;/q-1;2*+1/p-1. The Morgan fingerprint density at radius 3 is 2.68 bits per heavy atom. The summed E-state index contributed by atoms with van der Waals surface area (Å²) in [5.74, 6) is -0.117. The first-order chi connectivity index (χ1) is 9.61. The van der Waals surface area contributed by atoms with Crippen LogP contribution >= 0.6 is 0 Å². The molecule has 0 unspecified atom stereocenters. The summed E-state index contributed by atoms with van der Waals surface area (Å²) >= 11 is 0. The summed E-state index contributed by atoms with van der Waals surface area (Å²) in [6, 6.07) is 3.44. The third kappa shape index (κ3) is 3.13. The number of benzene rings is 1. The minimum atomic E-state index is -0.890. The molecule has 2 aromatic heterocycles. The smallest absolute Gasteiger partial charge is 0.858 e. The number of halogens is 1. The molecule has 3 aromatic rings. The molecule has 0 aliphatic rings. The summed E-state index contributed by atoms with van der Waals surface area (Å²) in [4.78, 5) is 19.3. The zero-order valence-electron chi connectivity index (χ0n) is 11.7. The van der Waals surface area contributed by atoms with E-state index in [-0.39, 0.29) is 75.3 Å². The molecule has 0 bridgehead atoms. The Morgan fingerprint density at radius 2 is 2.05 bits per heavy atom. The number of hydrogen-bond acceptors (Lipinski definition) is 5. The molecule has 0 atom stereocenters. The van der Waals surface area contributed by atoms with Crippen LogP contribution in [0.4, 0.5) is 4.39 Å². The second-order valence-corrected chi connectivity index (χ2v) is 3.88. The predicted octanol–water partition coefficient (Wildman–Crippen LogP) is -7.38. The fourth-order valence-corrected chi connectivity index (χ4v) is 1.82. The molecule has 0 amide bonds.